The molecule has 2 nitrogen and oxygen atoms in total. The van der Waals surface area contributed by atoms with E-state index in [9.17, 15) is 0 Å². The summed E-state index contributed by atoms with van der Waals surface area (Å²) in [5.74, 6) is 0.984. The number of rotatable bonds is 3. The van der Waals surface area contributed by atoms with Gasteiger partial charge in [-0.3, -0.25) is 4.90 Å². The van der Waals surface area contributed by atoms with Gasteiger partial charge in [0.25, 0.3) is 0 Å². The van der Waals surface area contributed by atoms with Gasteiger partial charge in [0.2, 0.25) is 0 Å². The van der Waals surface area contributed by atoms with E-state index in [2.05, 4.69) is 24.2 Å². The second-order valence-corrected chi connectivity index (χ2v) is 5.45. The van der Waals surface area contributed by atoms with Crippen molar-refractivity contribution in [2.75, 3.05) is 26.7 Å². The molecule has 2 aliphatic rings. The number of hydrogen-bond donors (Lipinski definition) is 1. The molecule has 1 unspecified atom stereocenters. The first kappa shape index (κ1) is 13.3. The Hall–Kier alpha value is 0.210. The predicted octanol–water partition coefficient (Wildman–Crippen LogP) is 2.28. The number of hydrogen-bond acceptors (Lipinski definition) is 2. The van der Waals surface area contributed by atoms with Gasteiger partial charge in [-0.05, 0) is 45.7 Å². The highest BCUT2D eigenvalue weighted by molar-refractivity contribution is 5.85. The minimum atomic E-state index is 0. The zero-order chi connectivity index (χ0) is 10.0. The van der Waals surface area contributed by atoms with Crippen LogP contribution in [0.5, 0.6) is 0 Å². The Balaban J connectivity index is 0.00000112. The lowest BCUT2D eigenvalue weighted by Crippen LogP contribution is -2.47. The summed E-state index contributed by atoms with van der Waals surface area (Å²) in [5, 5.41) is 3.48. The molecule has 2 fully saturated rings. The van der Waals surface area contributed by atoms with Gasteiger partial charge in [-0.15, -0.1) is 12.4 Å². The molecule has 1 atom stereocenters. The summed E-state index contributed by atoms with van der Waals surface area (Å²) < 4.78 is 0. The Kier molecular flexibility index (Phi) is 4.88. The van der Waals surface area contributed by atoms with Crippen LogP contribution in [0.2, 0.25) is 0 Å². The summed E-state index contributed by atoms with van der Waals surface area (Å²) in [4.78, 5) is 2.60. The Morgan fingerprint density at radius 3 is 2.53 bits per heavy atom. The number of nitrogens with zero attached hydrogens (tertiary/aromatic N) is 1. The second kappa shape index (κ2) is 5.51. The van der Waals surface area contributed by atoms with Crippen molar-refractivity contribution in [2.45, 2.75) is 44.6 Å². The van der Waals surface area contributed by atoms with E-state index in [0.717, 1.165) is 5.92 Å². The normalized spacial score (nSPS) is 32.2. The molecule has 90 valence electrons. The summed E-state index contributed by atoms with van der Waals surface area (Å²) in [6, 6.07) is 0. The standard InChI is InChI=1S/C12H24N2.ClH/c1-12(7-8-13-10-12)14(2)9-11-5-3-4-6-11;/h11,13H,3-10H2,1-2H3;1H. The third kappa shape index (κ3) is 3.08. The molecule has 0 aromatic rings. The zero-order valence-corrected chi connectivity index (χ0v) is 10.9. The molecule has 0 amide bonds. The molecular weight excluding hydrogens is 208 g/mol. The van der Waals surface area contributed by atoms with E-state index in [1.807, 2.05) is 0 Å². The molecule has 0 spiro atoms. The molecule has 1 aliphatic heterocycles. The fourth-order valence-corrected chi connectivity index (χ4v) is 2.93. The smallest absolute Gasteiger partial charge is 0.0314 e. The molecule has 0 aromatic heterocycles. The van der Waals surface area contributed by atoms with Crippen LogP contribution >= 0.6 is 12.4 Å². The van der Waals surface area contributed by atoms with Crippen LogP contribution in [0.25, 0.3) is 0 Å². The first-order valence-corrected chi connectivity index (χ1v) is 6.13. The Labute approximate surface area is 100 Å². The molecule has 0 radical (unpaired) electrons. The van der Waals surface area contributed by atoms with E-state index in [-0.39, 0.29) is 12.4 Å². The van der Waals surface area contributed by atoms with Crippen LogP contribution in [-0.4, -0.2) is 37.1 Å². The van der Waals surface area contributed by atoms with Gasteiger partial charge in [-0.1, -0.05) is 12.8 Å². The Morgan fingerprint density at radius 2 is 2.00 bits per heavy atom. The highest BCUT2D eigenvalue weighted by Gasteiger charge is 2.33. The van der Waals surface area contributed by atoms with Crippen LogP contribution in [0.4, 0.5) is 0 Å². The molecule has 0 aromatic carbocycles. The minimum Gasteiger partial charge on any atom is -0.315 e. The molecule has 1 N–H and O–H groups in total. The Bertz CT molecular complexity index is 184. The lowest BCUT2D eigenvalue weighted by Gasteiger charge is -2.36. The van der Waals surface area contributed by atoms with E-state index in [4.69, 9.17) is 0 Å². The molecule has 15 heavy (non-hydrogen) atoms. The van der Waals surface area contributed by atoms with Gasteiger partial charge in [0.05, 0.1) is 0 Å². The number of likely N-dealkylation sites (N-methyl/N-ethyl adjacent to an activating group) is 1. The number of nitrogens with one attached hydrogen (secondary N) is 1. The topological polar surface area (TPSA) is 15.3 Å². The van der Waals surface area contributed by atoms with E-state index in [1.54, 1.807) is 0 Å². The van der Waals surface area contributed by atoms with Crippen molar-refractivity contribution >= 4 is 12.4 Å². The summed E-state index contributed by atoms with van der Waals surface area (Å²) in [7, 11) is 2.31. The van der Waals surface area contributed by atoms with Gasteiger partial charge in [-0.2, -0.15) is 0 Å². The highest BCUT2D eigenvalue weighted by atomic mass is 35.5. The van der Waals surface area contributed by atoms with Gasteiger partial charge in [0.15, 0.2) is 0 Å². The fourth-order valence-electron chi connectivity index (χ4n) is 2.93. The monoisotopic (exact) mass is 232 g/mol. The average molecular weight is 233 g/mol. The molecule has 0 bridgehead atoms. The maximum absolute atomic E-state index is 3.48. The second-order valence-electron chi connectivity index (χ2n) is 5.45. The van der Waals surface area contributed by atoms with E-state index in [1.165, 1.54) is 51.7 Å². The summed E-state index contributed by atoms with van der Waals surface area (Å²) in [6.07, 6.45) is 7.18. The van der Waals surface area contributed by atoms with Gasteiger partial charge < -0.3 is 5.32 Å². The summed E-state index contributed by atoms with van der Waals surface area (Å²) in [5.41, 5.74) is 0.433. The van der Waals surface area contributed by atoms with E-state index >= 15 is 0 Å². The van der Waals surface area contributed by atoms with Crippen molar-refractivity contribution in [1.82, 2.24) is 10.2 Å². The maximum Gasteiger partial charge on any atom is 0.0314 e. The van der Waals surface area contributed by atoms with Crippen molar-refractivity contribution in [3.8, 4) is 0 Å². The molecule has 1 saturated heterocycles. The lowest BCUT2D eigenvalue weighted by atomic mass is 9.97. The van der Waals surface area contributed by atoms with Crippen LogP contribution in [0.15, 0.2) is 0 Å². The van der Waals surface area contributed by atoms with Crippen molar-refractivity contribution in [3.63, 3.8) is 0 Å². The lowest BCUT2D eigenvalue weighted by molar-refractivity contribution is 0.133. The molecule has 1 saturated carbocycles. The first-order chi connectivity index (χ1) is 6.71. The molecule has 3 heteroatoms. The third-order valence-corrected chi connectivity index (χ3v) is 4.27. The molecule has 1 aliphatic carbocycles. The largest absolute Gasteiger partial charge is 0.315 e. The fraction of sp³-hybridized carbons (Fsp3) is 1.00. The molecule has 2 rings (SSSR count). The van der Waals surface area contributed by atoms with Gasteiger partial charge >= 0.3 is 0 Å². The van der Waals surface area contributed by atoms with Gasteiger partial charge in [-0.25, -0.2) is 0 Å². The van der Waals surface area contributed by atoms with Crippen molar-refractivity contribution in [1.29, 1.82) is 0 Å². The SMILES string of the molecule is CN(CC1CCCC1)C1(C)CCNC1.Cl. The zero-order valence-electron chi connectivity index (χ0n) is 10.1. The van der Waals surface area contributed by atoms with Crippen molar-refractivity contribution in [2.24, 2.45) is 5.92 Å². The van der Waals surface area contributed by atoms with E-state index < -0.39 is 0 Å². The maximum atomic E-state index is 3.48. The number of halogens is 1. The molecular formula is C12H25ClN2. The predicted molar refractivity (Wildman–Crippen MR) is 67.7 cm³/mol. The minimum absolute atomic E-state index is 0. The van der Waals surface area contributed by atoms with Crippen LogP contribution < -0.4 is 5.32 Å². The first-order valence-electron chi connectivity index (χ1n) is 6.13. The van der Waals surface area contributed by atoms with Crippen LogP contribution in [-0.2, 0) is 0 Å². The molecule has 1 heterocycles. The van der Waals surface area contributed by atoms with Crippen LogP contribution in [0.3, 0.4) is 0 Å². The van der Waals surface area contributed by atoms with Gasteiger partial charge in [0.1, 0.15) is 0 Å². The summed E-state index contributed by atoms with van der Waals surface area (Å²) >= 11 is 0. The Morgan fingerprint density at radius 1 is 1.33 bits per heavy atom. The van der Waals surface area contributed by atoms with Gasteiger partial charge in [0, 0.05) is 18.6 Å². The summed E-state index contributed by atoms with van der Waals surface area (Å²) in [6.45, 7) is 6.10. The van der Waals surface area contributed by atoms with Crippen LogP contribution in [0, 0.1) is 5.92 Å². The van der Waals surface area contributed by atoms with E-state index in [0.29, 0.717) is 5.54 Å². The quantitative estimate of drug-likeness (QED) is 0.804. The average Bonchev–Trinajstić information content (AvgIpc) is 2.76. The highest BCUT2D eigenvalue weighted by Crippen LogP contribution is 2.29. The van der Waals surface area contributed by atoms with Crippen molar-refractivity contribution < 1.29 is 0 Å². The third-order valence-electron chi connectivity index (χ3n) is 4.27. The van der Waals surface area contributed by atoms with Crippen molar-refractivity contribution in [3.05, 3.63) is 0 Å². The van der Waals surface area contributed by atoms with Crippen LogP contribution in [0.1, 0.15) is 39.0 Å².